The summed E-state index contributed by atoms with van der Waals surface area (Å²) in [6.07, 6.45) is 0. The first-order valence-corrected chi connectivity index (χ1v) is 6.08. The van der Waals surface area contributed by atoms with E-state index in [1.54, 1.807) is 0 Å². The lowest BCUT2D eigenvalue weighted by molar-refractivity contribution is 0.292. The highest BCUT2D eigenvalue weighted by molar-refractivity contribution is 9.10. The lowest BCUT2D eigenvalue weighted by Crippen LogP contribution is -2.17. The molecule has 16 heavy (non-hydrogen) atoms. The number of hydrogen-bond acceptors (Lipinski definition) is 2. The van der Waals surface area contributed by atoms with Crippen molar-refractivity contribution in [1.29, 1.82) is 0 Å². The highest BCUT2D eigenvalue weighted by Gasteiger charge is 1.97. The number of benzene rings is 2. The summed E-state index contributed by atoms with van der Waals surface area (Å²) in [4.78, 5) is 0. The van der Waals surface area contributed by atoms with E-state index >= 15 is 0 Å². The molecule has 3 heteroatoms. The van der Waals surface area contributed by atoms with Crippen LogP contribution in [-0.2, 0) is 6.54 Å². The van der Waals surface area contributed by atoms with Crippen LogP contribution in [0, 0.1) is 0 Å². The smallest absolute Gasteiger partial charge is 0.0556 e. The molecular weight excluding hydrogens is 266 g/mol. The van der Waals surface area contributed by atoms with Crippen molar-refractivity contribution in [2.75, 3.05) is 13.2 Å². The van der Waals surface area contributed by atoms with Gasteiger partial charge in [0.05, 0.1) is 6.61 Å². The van der Waals surface area contributed by atoms with Crippen LogP contribution in [0.15, 0.2) is 40.9 Å². The molecule has 0 saturated heterocycles. The van der Waals surface area contributed by atoms with Crippen molar-refractivity contribution in [3.63, 3.8) is 0 Å². The minimum atomic E-state index is 0.181. The summed E-state index contributed by atoms with van der Waals surface area (Å²) in [5.41, 5.74) is 1.24. The summed E-state index contributed by atoms with van der Waals surface area (Å²) >= 11 is 3.46. The van der Waals surface area contributed by atoms with Gasteiger partial charge in [0.25, 0.3) is 0 Å². The first-order chi connectivity index (χ1) is 7.79. The molecule has 2 N–H and O–H groups in total. The summed E-state index contributed by atoms with van der Waals surface area (Å²) in [5, 5.41) is 14.3. The molecule has 2 aromatic carbocycles. The molecule has 0 amide bonds. The minimum absolute atomic E-state index is 0.181. The standard InChI is InChI=1S/C13H14BrNO/c14-13-4-3-11-7-10(9-15-5-6-16)1-2-12(11)8-13/h1-4,7-8,15-16H,5-6,9H2. The Balaban J connectivity index is 2.20. The Morgan fingerprint density at radius 1 is 1.06 bits per heavy atom. The van der Waals surface area contributed by atoms with Gasteiger partial charge in [-0.25, -0.2) is 0 Å². The number of aliphatic hydroxyl groups excluding tert-OH is 1. The Kier molecular flexibility index (Phi) is 3.93. The van der Waals surface area contributed by atoms with E-state index in [2.05, 4.69) is 51.6 Å². The molecule has 0 aliphatic rings. The van der Waals surface area contributed by atoms with Gasteiger partial charge in [-0.1, -0.05) is 34.1 Å². The fourth-order valence-corrected chi connectivity index (χ4v) is 2.07. The molecule has 0 radical (unpaired) electrons. The van der Waals surface area contributed by atoms with Gasteiger partial charge in [0.15, 0.2) is 0 Å². The van der Waals surface area contributed by atoms with E-state index in [-0.39, 0.29) is 6.61 Å². The maximum Gasteiger partial charge on any atom is 0.0556 e. The predicted octanol–water partition coefficient (Wildman–Crippen LogP) is 2.68. The monoisotopic (exact) mass is 279 g/mol. The van der Waals surface area contributed by atoms with Crippen LogP contribution in [-0.4, -0.2) is 18.3 Å². The Bertz CT molecular complexity index is 484. The number of aliphatic hydroxyl groups is 1. The largest absolute Gasteiger partial charge is 0.395 e. The fourth-order valence-electron chi connectivity index (χ4n) is 1.69. The van der Waals surface area contributed by atoms with E-state index in [4.69, 9.17) is 5.11 Å². The number of halogens is 1. The van der Waals surface area contributed by atoms with Crippen molar-refractivity contribution >= 4 is 26.7 Å². The topological polar surface area (TPSA) is 32.3 Å². The van der Waals surface area contributed by atoms with Gasteiger partial charge in [-0.05, 0) is 34.5 Å². The Labute approximate surface area is 103 Å². The second kappa shape index (κ2) is 5.43. The second-order valence-electron chi connectivity index (χ2n) is 3.73. The average Bonchev–Trinajstić information content (AvgIpc) is 2.29. The zero-order chi connectivity index (χ0) is 11.4. The molecule has 2 nitrogen and oxygen atoms in total. The number of rotatable bonds is 4. The van der Waals surface area contributed by atoms with Crippen molar-refractivity contribution in [1.82, 2.24) is 5.32 Å². The van der Waals surface area contributed by atoms with Gasteiger partial charge in [-0.2, -0.15) is 0 Å². The summed E-state index contributed by atoms with van der Waals surface area (Å²) in [5.74, 6) is 0. The Morgan fingerprint density at radius 3 is 2.62 bits per heavy atom. The van der Waals surface area contributed by atoms with E-state index < -0.39 is 0 Å². The van der Waals surface area contributed by atoms with E-state index in [1.165, 1.54) is 16.3 Å². The van der Waals surface area contributed by atoms with Crippen LogP contribution in [0.2, 0.25) is 0 Å². The number of fused-ring (bicyclic) bond motifs is 1. The van der Waals surface area contributed by atoms with Gasteiger partial charge in [0.2, 0.25) is 0 Å². The van der Waals surface area contributed by atoms with E-state index in [0.29, 0.717) is 6.54 Å². The van der Waals surface area contributed by atoms with E-state index in [0.717, 1.165) is 11.0 Å². The van der Waals surface area contributed by atoms with Gasteiger partial charge in [-0.3, -0.25) is 0 Å². The van der Waals surface area contributed by atoms with Gasteiger partial charge >= 0.3 is 0 Å². The third-order valence-corrected chi connectivity index (χ3v) is 2.98. The Hall–Kier alpha value is -0.900. The molecule has 0 bridgehead atoms. The maximum atomic E-state index is 8.68. The van der Waals surface area contributed by atoms with Crippen LogP contribution in [0.4, 0.5) is 0 Å². The second-order valence-corrected chi connectivity index (χ2v) is 4.64. The predicted molar refractivity (Wildman–Crippen MR) is 70.4 cm³/mol. The van der Waals surface area contributed by atoms with Gasteiger partial charge in [0.1, 0.15) is 0 Å². The zero-order valence-electron chi connectivity index (χ0n) is 8.91. The van der Waals surface area contributed by atoms with Crippen molar-refractivity contribution in [2.45, 2.75) is 6.54 Å². The number of hydrogen-bond donors (Lipinski definition) is 2. The van der Waals surface area contributed by atoms with Gasteiger partial charge in [-0.15, -0.1) is 0 Å². The van der Waals surface area contributed by atoms with Crippen LogP contribution in [0.3, 0.4) is 0 Å². The normalized spacial score (nSPS) is 10.9. The van der Waals surface area contributed by atoms with Crippen LogP contribution in [0.1, 0.15) is 5.56 Å². The molecule has 0 saturated carbocycles. The SMILES string of the molecule is OCCNCc1ccc2cc(Br)ccc2c1. The quantitative estimate of drug-likeness (QED) is 0.844. The van der Waals surface area contributed by atoms with Crippen LogP contribution >= 0.6 is 15.9 Å². The van der Waals surface area contributed by atoms with Crippen molar-refractivity contribution in [3.05, 3.63) is 46.4 Å². The van der Waals surface area contributed by atoms with Gasteiger partial charge < -0.3 is 10.4 Å². The van der Waals surface area contributed by atoms with Crippen LogP contribution in [0.5, 0.6) is 0 Å². The van der Waals surface area contributed by atoms with Gasteiger partial charge in [0, 0.05) is 17.6 Å². The highest BCUT2D eigenvalue weighted by atomic mass is 79.9. The molecule has 0 fully saturated rings. The lowest BCUT2D eigenvalue weighted by atomic mass is 10.1. The summed E-state index contributed by atoms with van der Waals surface area (Å²) in [6, 6.07) is 12.7. The van der Waals surface area contributed by atoms with E-state index in [9.17, 15) is 0 Å². The van der Waals surface area contributed by atoms with E-state index in [1.807, 2.05) is 6.07 Å². The summed E-state index contributed by atoms with van der Waals surface area (Å²) in [6.45, 7) is 1.62. The molecule has 2 aromatic rings. The average molecular weight is 280 g/mol. The molecule has 0 unspecified atom stereocenters. The molecule has 0 heterocycles. The molecule has 0 spiro atoms. The minimum Gasteiger partial charge on any atom is -0.395 e. The van der Waals surface area contributed by atoms with Crippen molar-refractivity contribution in [2.24, 2.45) is 0 Å². The van der Waals surface area contributed by atoms with Crippen molar-refractivity contribution < 1.29 is 5.11 Å². The maximum absolute atomic E-state index is 8.68. The fraction of sp³-hybridized carbons (Fsp3) is 0.231. The van der Waals surface area contributed by atoms with Crippen LogP contribution in [0.25, 0.3) is 10.8 Å². The summed E-state index contributed by atoms with van der Waals surface area (Å²) < 4.78 is 1.10. The molecule has 84 valence electrons. The lowest BCUT2D eigenvalue weighted by Gasteiger charge is -2.05. The molecule has 0 atom stereocenters. The summed E-state index contributed by atoms with van der Waals surface area (Å²) in [7, 11) is 0. The van der Waals surface area contributed by atoms with Crippen molar-refractivity contribution in [3.8, 4) is 0 Å². The molecule has 0 aliphatic carbocycles. The first-order valence-electron chi connectivity index (χ1n) is 5.29. The zero-order valence-corrected chi connectivity index (χ0v) is 10.5. The third kappa shape index (κ3) is 2.82. The van der Waals surface area contributed by atoms with Crippen LogP contribution < -0.4 is 5.32 Å². The highest BCUT2D eigenvalue weighted by Crippen LogP contribution is 2.20. The molecule has 0 aliphatic heterocycles. The number of nitrogens with one attached hydrogen (secondary N) is 1. The molecule has 2 rings (SSSR count). The molecule has 0 aromatic heterocycles. The Morgan fingerprint density at radius 2 is 1.81 bits per heavy atom. The third-order valence-electron chi connectivity index (χ3n) is 2.48. The first kappa shape index (κ1) is 11.6. The molecular formula is C13H14BrNO.